The molecular formula is C22H21N5O3. The van der Waals surface area contributed by atoms with Crippen molar-refractivity contribution in [3.05, 3.63) is 36.0 Å². The van der Waals surface area contributed by atoms with Crippen LogP contribution in [0, 0.1) is 16.7 Å². The SMILES string of the molecule is CC(C)(C)C(=O)N1C[C@H]2CC1[C@@H]1C(=O)N(c3ccc(C#N)c4ncccc34)C(=O)N21. The highest BCUT2D eigenvalue weighted by molar-refractivity contribution is 6.25. The van der Waals surface area contributed by atoms with Gasteiger partial charge in [-0.3, -0.25) is 14.6 Å². The summed E-state index contributed by atoms with van der Waals surface area (Å²) in [4.78, 5) is 48.5. The number of fused-ring (bicyclic) bond motifs is 6. The molecule has 3 saturated heterocycles. The Labute approximate surface area is 173 Å². The Balaban J connectivity index is 1.56. The predicted molar refractivity (Wildman–Crippen MR) is 108 cm³/mol. The van der Waals surface area contributed by atoms with Crippen LogP contribution in [0.3, 0.4) is 0 Å². The van der Waals surface area contributed by atoms with Crippen LogP contribution in [-0.2, 0) is 9.59 Å². The molecule has 3 atom stereocenters. The van der Waals surface area contributed by atoms with Gasteiger partial charge in [0.25, 0.3) is 5.91 Å². The molecule has 0 N–H and O–H groups in total. The molecule has 2 bridgehead atoms. The number of carbonyl (C=O) groups excluding carboxylic acids is 3. The first-order valence-electron chi connectivity index (χ1n) is 9.99. The Morgan fingerprint density at radius 3 is 2.70 bits per heavy atom. The summed E-state index contributed by atoms with van der Waals surface area (Å²) in [5, 5.41) is 9.95. The highest BCUT2D eigenvalue weighted by Crippen LogP contribution is 2.44. The van der Waals surface area contributed by atoms with Gasteiger partial charge in [0.15, 0.2) is 0 Å². The van der Waals surface area contributed by atoms with Gasteiger partial charge in [0, 0.05) is 23.5 Å². The number of imide groups is 1. The molecule has 8 nitrogen and oxygen atoms in total. The van der Waals surface area contributed by atoms with Crippen LogP contribution in [0.2, 0.25) is 0 Å². The highest BCUT2D eigenvalue weighted by atomic mass is 16.2. The van der Waals surface area contributed by atoms with Crippen molar-refractivity contribution in [1.29, 1.82) is 5.26 Å². The minimum Gasteiger partial charge on any atom is -0.334 e. The summed E-state index contributed by atoms with van der Waals surface area (Å²) in [6.45, 7) is 6.05. The van der Waals surface area contributed by atoms with Gasteiger partial charge in [0.2, 0.25) is 5.91 Å². The van der Waals surface area contributed by atoms with Crippen LogP contribution in [0.15, 0.2) is 30.5 Å². The number of hydrogen-bond donors (Lipinski definition) is 0. The molecule has 1 unspecified atom stereocenters. The number of pyridine rings is 1. The highest BCUT2D eigenvalue weighted by Gasteiger charge is 2.63. The molecule has 0 radical (unpaired) electrons. The van der Waals surface area contributed by atoms with E-state index in [0.29, 0.717) is 35.1 Å². The zero-order chi connectivity index (χ0) is 21.4. The van der Waals surface area contributed by atoms with Crippen molar-refractivity contribution in [3.63, 3.8) is 0 Å². The fourth-order valence-electron chi connectivity index (χ4n) is 4.99. The second-order valence-corrected chi connectivity index (χ2v) is 9.12. The number of hydrogen-bond acceptors (Lipinski definition) is 5. The van der Waals surface area contributed by atoms with Crippen LogP contribution in [-0.4, -0.2) is 57.3 Å². The molecule has 4 amide bonds. The number of rotatable bonds is 1. The first-order chi connectivity index (χ1) is 14.2. The van der Waals surface area contributed by atoms with Crippen LogP contribution in [0.4, 0.5) is 10.5 Å². The van der Waals surface area contributed by atoms with Crippen molar-refractivity contribution < 1.29 is 14.4 Å². The topological polar surface area (TPSA) is 97.6 Å². The van der Waals surface area contributed by atoms with E-state index < -0.39 is 11.5 Å². The van der Waals surface area contributed by atoms with Gasteiger partial charge in [0.1, 0.15) is 12.1 Å². The third-order valence-electron chi connectivity index (χ3n) is 6.27. The Morgan fingerprint density at radius 2 is 2.00 bits per heavy atom. The maximum absolute atomic E-state index is 13.4. The zero-order valence-electron chi connectivity index (χ0n) is 17.0. The van der Waals surface area contributed by atoms with Gasteiger partial charge in [0.05, 0.1) is 28.9 Å². The van der Waals surface area contributed by atoms with Crippen molar-refractivity contribution in [2.24, 2.45) is 5.41 Å². The van der Waals surface area contributed by atoms with Crippen LogP contribution in [0.25, 0.3) is 10.9 Å². The summed E-state index contributed by atoms with van der Waals surface area (Å²) in [6.07, 6.45) is 2.21. The van der Waals surface area contributed by atoms with Crippen molar-refractivity contribution in [2.45, 2.75) is 45.3 Å². The molecule has 1 aromatic carbocycles. The van der Waals surface area contributed by atoms with Gasteiger partial charge in [-0.2, -0.15) is 5.26 Å². The number of anilines is 1. The van der Waals surface area contributed by atoms with E-state index in [-0.39, 0.29) is 29.9 Å². The maximum atomic E-state index is 13.4. The number of piperazine rings is 1. The van der Waals surface area contributed by atoms with Gasteiger partial charge in [-0.15, -0.1) is 0 Å². The van der Waals surface area contributed by atoms with E-state index in [1.807, 2.05) is 20.8 Å². The van der Waals surface area contributed by atoms with E-state index in [4.69, 9.17) is 0 Å². The lowest BCUT2D eigenvalue weighted by molar-refractivity contribution is -0.143. The van der Waals surface area contributed by atoms with Gasteiger partial charge >= 0.3 is 6.03 Å². The molecule has 8 heteroatoms. The number of nitrogens with zero attached hydrogens (tertiary/aromatic N) is 5. The number of urea groups is 1. The quantitative estimate of drug-likeness (QED) is 0.681. The number of carbonyl (C=O) groups is 3. The number of amides is 4. The summed E-state index contributed by atoms with van der Waals surface area (Å²) in [5.74, 6) is -0.324. The number of aromatic nitrogens is 1. The smallest absolute Gasteiger partial charge is 0.332 e. The second-order valence-electron chi connectivity index (χ2n) is 9.12. The number of benzene rings is 1. The molecule has 3 aliphatic heterocycles. The van der Waals surface area contributed by atoms with Gasteiger partial charge < -0.3 is 9.80 Å². The zero-order valence-corrected chi connectivity index (χ0v) is 17.0. The van der Waals surface area contributed by atoms with E-state index in [1.54, 1.807) is 40.3 Å². The third-order valence-corrected chi connectivity index (χ3v) is 6.27. The Morgan fingerprint density at radius 1 is 1.23 bits per heavy atom. The fraction of sp³-hybridized carbons (Fsp3) is 0.409. The molecule has 0 saturated carbocycles. The van der Waals surface area contributed by atoms with E-state index >= 15 is 0 Å². The van der Waals surface area contributed by atoms with Crippen molar-refractivity contribution in [3.8, 4) is 6.07 Å². The Hall–Kier alpha value is -3.47. The van der Waals surface area contributed by atoms with Crippen LogP contribution in [0.5, 0.6) is 0 Å². The van der Waals surface area contributed by atoms with Crippen molar-refractivity contribution in [2.75, 3.05) is 11.4 Å². The predicted octanol–water partition coefficient (Wildman–Crippen LogP) is 2.27. The molecule has 3 aliphatic rings. The molecule has 30 heavy (non-hydrogen) atoms. The van der Waals surface area contributed by atoms with Gasteiger partial charge in [-0.25, -0.2) is 9.69 Å². The van der Waals surface area contributed by atoms with Crippen molar-refractivity contribution in [1.82, 2.24) is 14.8 Å². The molecule has 5 rings (SSSR count). The molecule has 3 fully saturated rings. The first kappa shape index (κ1) is 18.6. The van der Waals surface area contributed by atoms with Gasteiger partial charge in [-0.1, -0.05) is 20.8 Å². The van der Waals surface area contributed by atoms with Crippen LogP contribution >= 0.6 is 0 Å². The summed E-state index contributed by atoms with van der Waals surface area (Å²) < 4.78 is 0. The minimum atomic E-state index is -0.662. The lowest BCUT2D eigenvalue weighted by Crippen LogP contribution is -2.56. The molecule has 1 aromatic heterocycles. The maximum Gasteiger partial charge on any atom is 0.332 e. The normalized spacial score (nSPS) is 25.3. The number of likely N-dealkylation sites (tertiary alicyclic amines) is 1. The fourth-order valence-corrected chi connectivity index (χ4v) is 4.99. The van der Waals surface area contributed by atoms with E-state index in [2.05, 4.69) is 11.1 Å². The van der Waals surface area contributed by atoms with Crippen LogP contribution < -0.4 is 4.90 Å². The van der Waals surface area contributed by atoms with Gasteiger partial charge in [-0.05, 0) is 30.7 Å². The Bertz CT molecular complexity index is 1160. The lowest BCUT2D eigenvalue weighted by atomic mass is 9.93. The van der Waals surface area contributed by atoms with E-state index in [0.717, 1.165) is 0 Å². The Kier molecular flexibility index (Phi) is 3.72. The van der Waals surface area contributed by atoms with E-state index in [9.17, 15) is 19.6 Å². The molecular weight excluding hydrogens is 382 g/mol. The molecule has 2 aromatic rings. The lowest BCUT2D eigenvalue weighted by Gasteiger charge is -2.37. The standard InChI is InChI=1S/C22H21N5O3/c1-22(2,3)20(29)25-11-13-9-16(25)18-19(28)27(21(30)26(13)18)15-7-6-12(10-23)17-14(15)5-4-8-24-17/h4-8,13,16,18H,9,11H2,1-3H3/t13-,16?,18-/m1/s1. The first-order valence-corrected chi connectivity index (χ1v) is 9.99. The van der Waals surface area contributed by atoms with Crippen LogP contribution in [0.1, 0.15) is 32.8 Å². The van der Waals surface area contributed by atoms with Crippen molar-refractivity contribution >= 4 is 34.4 Å². The second kappa shape index (κ2) is 6.02. The number of nitriles is 1. The summed E-state index contributed by atoms with van der Waals surface area (Å²) in [6, 6.07) is 7.30. The minimum absolute atomic E-state index is 0.00127. The molecule has 152 valence electrons. The third kappa shape index (κ3) is 2.32. The summed E-state index contributed by atoms with van der Waals surface area (Å²) >= 11 is 0. The monoisotopic (exact) mass is 403 g/mol. The van der Waals surface area contributed by atoms with E-state index in [1.165, 1.54) is 4.90 Å². The average molecular weight is 403 g/mol. The average Bonchev–Trinajstić information content (AvgIpc) is 3.37. The summed E-state index contributed by atoms with van der Waals surface area (Å²) in [5.41, 5.74) is 0.721. The molecule has 4 heterocycles. The largest absolute Gasteiger partial charge is 0.334 e. The summed E-state index contributed by atoms with van der Waals surface area (Å²) in [7, 11) is 0. The molecule has 0 spiro atoms. The molecule has 0 aliphatic carbocycles.